The summed E-state index contributed by atoms with van der Waals surface area (Å²) in [5, 5.41) is 7.95. The Morgan fingerprint density at radius 3 is 2.58 bits per heavy atom. The summed E-state index contributed by atoms with van der Waals surface area (Å²) < 4.78 is 13.4. The van der Waals surface area contributed by atoms with Gasteiger partial charge in [0.1, 0.15) is 5.82 Å². The van der Waals surface area contributed by atoms with Gasteiger partial charge in [-0.15, -0.1) is 0 Å². The van der Waals surface area contributed by atoms with Crippen LogP contribution in [0.2, 0.25) is 0 Å². The second-order valence-electron chi connectivity index (χ2n) is 6.24. The minimum absolute atomic E-state index is 0.179. The van der Waals surface area contributed by atoms with Crippen molar-refractivity contribution in [3.05, 3.63) is 35.1 Å². The smallest absolute Gasteiger partial charge is 0.314 e. The Morgan fingerprint density at radius 1 is 1.15 bits per heavy atom. The van der Waals surface area contributed by atoms with Crippen molar-refractivity contribution in [2.24, 2.45) is 0 Å². The lowest BCUT2D eigenvalue weighted by atomic mass is 10.1. The van der Waals surface area contributed by atoms with Crippen LogP contribution in [0.3, 0.4) is 0 Å². The van der Waals surface area contributed by atoms with E-state index in [0.29, 0.717) is 31.5 Å². The fraction of sp³-hybridized carbons (Fsp3) is 0.500. The first-order chi connectivity index (χ1) is 12.5. The van der Waals surface area contributed by atoms with Gasteiger partial charge in [0.2, 0.25) is 5.91 Å². The van der Waals surface area contributed by atoms with Crippen molar-refractivity contribution in [3.8, 4) is 0 Å². The van der Waals surface area contributed by atoms with E-state index in [-0.39, 0.29) is 36.5 Å². The van der Waals surface area contributed by atoms with Crippen LogP contribution in [0.5, 0.6) is 0 Å². The summed E-state index contributed by atoms with van der Waals surface area (Å²) in [6.07, 6.45) is 2.23. The number of hydrogen-bond donors (Lipinski definition) is 3. The summed E-state index contributed by atoms with van der Waals surface area (Å²) in [5.41, 5.74) is 0.725. The van der Waals surface area contributed by atoms with Crippen molar-refractivity contribution in [2.75, 3.05) is 32.7 Å². The van der Waals surface area contributed by atoms with Gasteiger partial charge in [0.15, 0.2) is 0 Å². The summed E-state index contributed by atoms with van der Waals surface area (Å²) in [6, 6.07) is 3.97. The molecule has 0 aromatic heterocycles. The fourth-order valence-corrected chi connectivity index (χ4v) is 2.66. The number of aryl methyl sites for hydroxylation is 1. The van der Waals surface area contributed by atoms with Crippen LogP contribution in [0.1, 0.15) is 35.2 Å². The molecule has 3 N–H and O–H groups in total. The van der Waals surface area contributed by atoms with Gasteiger partial charge in [-0.2, -0.15) is 0 Å². The van der Waals surface area contributed by atoms with Gasteiger partial charge in [-0.05, 0) is 37.5 Å². The van der Waals surface area contributed by atoms with Crippen LogP contribution in [-0.2, 0) is 4.79 Å². The van der Waals surface area contributed by atoms with Crippen molar-refractivity contribution < 1.29 is 18.8 Å². The number of nitrogens with one attached hydrogen (secondary N) is 3. The molecular weight excluding hydrogens is 339 g/mol. The largest absolute Gasteiger partial charge is 0.350 e. The van der Waals surface area contributed by atoms with E-state index < -0.39 is 5.82 Å². The maximum atomic E-state index is 13.4. The Morgan fingerprint density at radius 2 is 1.88 bits per heavy atom. The second-order valence-corrected chi connectivity index (χ2v) is 6.24. The van der Waals surface area contributed by atoms with Crippen LogP contribution in [0.4, 0.5) is 9.18 Å². The Labute approximate surface area is 152 Å². The van der Waals surface area contributed by atoms with Gasteiger partial charge in [-0.1, -0.05) is 6.07 Å². The number of rotatable bonds is 8. The normalized spacial score (nSPS) is 13.6. The quantitative estimate of drug-likeness (QED) is 0.605. The first-order valence-corrected chi connectivity index (χ1v) is 8.81. The van der Waals surface area contributed by atoms with Crippen LogP contribution in [0, 0.1) is 12.7 Å². The average molecular weight is 364 g/mol. The van der Waals surface area contributed by atoms with Gasteiger partial charge in [0.05, 0.1) is 0 Å². The molecule has 1 heterocycles. The zero-order valence-corrected chi connectivity index (χ0v) is 14.9. The number of hydrogen-bond acceptors (Lipinski definition) is 3. The molecule has 1 saturated heterocycles. The van der Waals surface area contributed by atoms with Crippen LogP contribution < -0.4 is 16.0 Å². The number of carbonyl (C=O) groups is 3. The zero-order valence-electron chi connectivity index (χ0n) is 14.9. The number of benzene rings is 1. The molecule has 0 radical (unpaired) electrons. The lowest BCUT2D eigenvalue weighted by Gasteiger charge is -2.15. The Balaban J connectivity index is 1.54. The monoisotopic (exact) mass is 364 g/mol. The summed E-state index contributed by atoms with van der Waals surface area (Å²) in [6.45, 7) is 4.06. The lowest BCUT2D eigenvalue weighted by molar-refractivity contribution is -0.127. The highest BCUT2D eigenvalue weighted by molar-refractivity contribution is 5.94. The molecular formula is C18H25FN4O3. The average Bonchev–Trinajstić information content (AvgIpc) is 3.03. The van der Waals surface area contributed by atoms with E-state index in [4.69, 9.17) is 0 Å². The van der Waals surface area contributed by atoms with Crippen LogP contribution in [0.25, 0.3) is 0 Å². The van der Waals surface area contributed by atoms with E-state index in [9.17, 15) is 18.8 Å². The van der Waals surface area contributed by atoms with Gasteiger partial charge < -0.3 is 20.9 Å². The molecule has 8 heteroatoms. The Kier molecular flexibility index (Phi) is 7.37. The third kappa shape index (κ3) is 6.02. The molecule has 142 valence electrons. The van der Waals surface area contributed by atoms with Crippen molar-refractivity contribution in [1.29, 1.82) is 0 Å². The molecule has 1 aromatic carbocycles. The highest BCUT2D eigenvalue weighted by Gasteiger charge is 2.18. The number of carbonyl (C=O) groups excluding carboxylic acids is 3. The first-order valence-electron chi connectivity index (χ1n) is 8.81. The summed E-state index contributed by atoms with van der Waals surface area (Å²) >= 11 is 0. The van der Waals surface area contributed by atoms with Crippen LogP contribution in [-0.4, -0.2) is 55.5 Å². The summed E-state index contributed by atoms with van der Waals surface area (Å²) in [5.74, 6) is -0.633. The lowest BCUT2D eigenvalue weighted by Crippen LogP contribution is -2.41. The molecule has 2 rings (SSSR count). The molecule has 1 aliphatic heterocycles. The molecule has 0 saturated carbocycles. The molecule has 0 unspecified atom stereocenters. The van der Waals surface area contributed by atoms with Gasteiger partial charge in [0.25, 0.3) is 5.91 Å². The second kappa shape index (κ2) is 9.74. The van der Waals surface area contributed by atoms with Crippen molar-refractivity contribution in [3.63, 3.8) is 0 Å². The molecule has 0 bridgehead atoms. The third-order valence-corrected chi connectivity index (χ3v) is 4.19. The van der Waals surface area contributed by atoms with E-state index in [0.717, 1.165) is 13.0 Å². The summed E-state index contributed by atoms with van der Waals surface area (Å²) in [7, 11) is 0. The molecule has 0 atom stereocenters. The van der Waals surface area contributed by atoms with E-state index in [1.807, 2.05) is 4.90 Å². The Bertz CT molecular complexity index is 666. The molecule has 26 heavy (non-hydrogen) atoms. The SMILES string of the molecule is Cc1ccc(C(=O)NCCNC(=O)NCCCN2CCCC2=O)cc1F. The van der Waals surface area contributed by atoms with Gasteiger partial charge in [-0.25, -0.2) is 9.18 Å². The van der Waals surface area contributed by atoms with Gasteiger partial charge >= 0.3 is 6.03 Å². The number of likely N-dealkylation sites (tertiary alicyclic amines) is 1. The third-order valence-electron chi connectivity index (χ3n) is 4.19. The minimum Gasteiger partial charge on any atom is -0.350 e. The van der Waals surface area contributed by atoms with Crippen molar-refractivity contribution in [2.45, 2.75) is 26.2 Å². The van der Waals surface area contributed by atoms with Gasteiger partial charge in [-0.3, -0.25) is 9.59 Å². The standard InChI is InChI=1S/C18H25FN4O3/c1-13-5-6-14(12-15(13)19)17(25)20-8-9-22-18(26)21-7-3-11-23-10-2-4-16(23)24/h5-6,12H,2-4,7-11H2,1H3,(H,20,25)(H2,21,22,26). The number of urea groups is 1. The van der Waals surface area contributed by atoms with Gasteiger partial charge in [0, 0.05) is 44.7 Å². The molecule has 0 spiro atoms. The number of nitrogens with zero attached hydrogens (tertiary/aromatic N) is 1. The van der Waals surface area contributed by atoms with E-state index >= 15 is 0 Å². The van der Waals surface area contributed by atoms with Crippen LogP contribution >= 0.6 is 0 Å². The highest BCUT2D eigenvalue weighted by Crippen LogP contribution is 2.09. The number of halogens is 1. The van der Waals surface area contributed by atoms with Crippen LogP contribution in [0.15, 0.2) is 18.2 Å². The topological polar surface area (TPSA) is 90.5 Å². The van der Waals surface area contributed by atoms with E-state index in [1.165, 1.54) is 6.07 Å². The maximum absolute atomic E-state index is 13.4. The molecule has 4 amide bonds. The number of amides is 4. The minimum atomic E-state index is -0.425. The predicted molar refractivity (Wildman–Crippen MR) is 95.3 cm³/mol. The van der Waals surface area contributed by atoms with Crippen molar-refractivity contribution >= 4 is 17.8 Å². The highest BCUT2D eigenvalue weighted by atomic mass is 19.1. The Hall–Kier alpha value is -2.64. The fourth-order valence-electron chi connectivity index (χ4n) is 2.66. The first kappa shape index (κ1) is 19.7. The molecule has 1 fully saturated rings. The predicted octanol–water partition coefficient (Wildman–Crippen LogP) is 1.18. The van der Waals surface area contributed by atoms with E-state index in [1.54, 1.807) is 19.1 Å². The zero-order chi connectivity index (χ0) is 18.9. The molecule has 0 aliphatic carbocycles. The maximum Gasteiger partial charge on any atom is 0.314 e. The van der Waals surface area contributed by atoms with Crippen molar-refractivity contribution in [1.82, 2.24) is 20.9 Å². The van der Waals surface area contributed by atoms with E-state index in [2.05, 4.69) is 16.0 Å². The summed E-state index contributed by atoms with van der Waals surface area (Å²) in [4.78, 5) is 36.8. The molecule has 7 nitrogen and oxygen atoms in total. The molecule has 1 aliphatic rings. The molecule has 1 aromatic rings.